The molecule has 6 nitrogen and oxygen atoms in total. The lowest BCUT2D eigenvalue weighted by molar-refractivity contribution is -0.136. The fraction of sp³-hybridized carbons (Fsp3) is 0.467. The normalized spacial score (nSPS) is 17.1. The molecule has 7 heteroatoms. The molecule has 0 atom stereocenters. The van der Waals surface area contributed by atoms with Gasteiger partial charge in [0.05, 0.1) is 6.42 Å². The fourth-order valence-corrected chi connectivity index (χ4v) is 4.26. The Morgan fingerprint density at radius 2 is 1.73 bits per heavy atom. The molecule has 1 amide bonds. The number of benzene rings is 1. The summed E-state index contributed by atoms with van der Waals surface area (Å²) in [6.07, 6.45) is 3.13. The van der Waals surface area contributed by atoms with Gasteiger partial charge in [-0.3, -0.25) is 9.59 Å². The van der Waals surface area contributed by atoms with Gasteiger partial charge in [0, 0.05) is 11.9 Å². The molecular formula is C15H19NO5S. The molecule has 22 heavy (non-hydrogen) atoms. The van der Waals surface area contributed by atoms with Crippen LogP contribution in [0.1, 0.15) is 31.2 Å². The van der Waals surface area contributed by atoms with E-state index in [2.05, 4.69) is 5.32 Å². The maximum Gasteiger partial charge on any atom is 0.307 e. The van der Waals surface area contributed by atoms with Gasteiger partial charge in [-0.1, -0.05) is 25.0 Å². The second-order valence-electron chi connectivity index (χ2n) is 5.70. The Balaban J connectivity index is 2.16. The highest BCUT2D eigenvalue weighted by Crippen LogP contribution is 2.37. The van der Waals surface area contributed by atoms with Gasteiger partial charge in [0.2, 0.25) is 5.91 Å². The van der Waals surface area contributed by atoms with E-state index in [4.69, 9.17) is 5.11 Å². The number of carboxylic acid groups (broad SMARTS) is 1. The lowest BCUT2D eigenvalue weighted by Crippen LogP contribution is -2.47. The minimum absolute atomic E-state index is 0.0957. The van der Waals surface area contributed by atoms with E-state index in [1.54, 1.807) is 24.3 Å². The summed E-state index contributed by atoms with van der Waals surface area (Å²) >= 11 is 0. The van der Waals surface area contributed by atoms with E-state index >= 15 is 0 Å². The summed E-state index contributed by atoms with van der Waals surface area (Å²) in [5.41, 5.74) is 1.08. The molecule has 0 radical (unpaired) electrons. The van der Waals surface area contributed by atoms with Crippen molar-refractivity contribution in [3.63, 3.8) is 0 Å². The summed E-state index contributed by atoms with van der Waals surface area (Å²) in [5, 5.41) is 11.4. The Morgan fingerprint density at radius 3 is 2.18 bits per heavy atom. The number of carbonyl (C=O) groups is 2. The molecule has 1 aromatic rings. The first-order valence-corrected chi connectivity index (χ1v) is 8.95. The number of rotatable bonds is 5. The maximum absolute atomic E-state index is 12.5. The number of carboxylic acids is 1. The smallest absolute Gasteiger partial charge is 0.307 e. The van der Waals surface area contributed by atoms with Crippen LogP contribution >= 0.6 is 0 Å². The lowest BCUT2D eigenvalue weighted by Gasteiger charge is -2.25. The van der Waals surface area contributed by atoms with Crippen molar-refractivity contribution in [2.45, 2.75) is 36.9 Å². The van der Waals surface area contributed by atoms with E-state index in [9.17, 15) is 18.0 Å². The van der Waals surface area contributed by atoms with E-state index in [-0.39, 0.29) is 6.42 Å². The molecular weight excluding hydrogens is 306 g/mol. The zero-order valence-electron chi connectivity index (χ0n) is 12.3. The number of hydrogen-bond donors (Lipinski definition) is 2. The molecule has 0 heterocycles. The van der Waals surface area contributed by atoms with Crippen molar-refractivity contribution in [1.82, 2.24) is 0 Å². The molecule has 2 rings (SSSR count). The molecule has 1 aromatic carbocycles. The minimum Gasteiger partial charge on any atom is -0.481 e. The summed E-state index contributed by atoms with van der Waals surface area (Å²) in [6.45, 7) is 0. The molecule has 1 saturated carbocycles. The molecule has 1 fully saturated rings. The van der Waals surface area contributed by atoms with Crippen LogP contribution in [-0.2, 0) is 25.8 Å². The summed E-state index contributed by atoms with van der Waals surface area (Å²) < 4.78 is 22.7. The largest absolute Gasteiger partial charge is 0.481 e. The van der Waals surface area contributed by atoms with Gasteiger partial charge in [0.25, 0.3) is 0 Å². The second-order valence-corrected chi connectivity index (χ2v) is 8.02. The first-order chi connectivity index (χ1) is 10.2. The van der Waals surface area contributed by atoms with E-state index in [0.29, 0.717) is 24.1 Å². The second kappa shape index (κ2) is 6.08. The quantitative estimate of drug-likeness (QED) is 0.856. The van der Waals surface area contributed by atoms with Crippen LogP contribution in [-0.4, -0.2) is 36.4 Å². The molecule has 0 aromatic heterocycles. The molecule has 120 valence electrons. The van der Waals surface area contributed by atoms with E-state index in [1.807, 2.05) is 0 Å². The Bertz CT molecular complexity index is 672. The van der Waals surface area contributed by atoms with Gasteiger partial charge in [-0.15, -0.1) is 0 Å². The average Bonchev–Trinajstić information content (AvgIpc) is 2.90. The van der Waals surface area contributed by atoms with Gasteiger partial charge in [0.15, 0.2) is 14.6 Å². The topological polar surface area (TPSA) is 101 Å². The highest BCUT2D eigenvalue weighted by molar-refractivity contribution is 7.92. The van der Waals surface area contributed by atoms with Crippen LogP contribution < -0.4 is 5.32 Å². The third-order valence-corrected chi connectivity index (χ3v) is 6.12. The monoisotopic (exact) mass is 325 g/mol. The molecule has 0 bridgehead atoms. The lowest BCUT2D eigenvalue weighted by atomic mass is 10.1. The van der Waals surface area contributed by atoms with Crippen molar-refractivity contribution in [1.29, 1.82) is 0 Å². The van der Waals surface area contributed by atoms with Crippen molar-refractivity contribution in [3.8, 4) is 0 Å². The Hall–Kier alpha value is -1.89. The van der Waals surface area contributed by atoms with Crippen LogP contribution in [0.2, 0.25) is 0 Å². The summed E-state index contributed by atoms with van der Waals surface area (Å²) in [6, 6.07) is 6.37. The van der Waals surface area contributed by atoms with Gasteiger partial charge in [-0.25, -0.2) is 8.42 Å². The average molecular weight is 325 g/mol. The number of aliphatic carboxylic acids is 1. The zero-order chi connectivity index (χ0) is 16.4. The Morgan fingerprint density at radius 1 is 1.18 bits per heavy atom. The molecule has 0 spiro atoms. The van der Waals surface area contributed by atoms with E-state index in [0.717, 1.165) is 19.1 Å². The van der Waals surface area contributed by atoms with Gasteiger partial charge >= 0.3 is 5.97 Å². The first-order valence-electron chi connectivity index (χ1n) is 7.06. The van der Waals surface area contributed by atoms with Crippen LogP contribution in [0, 0.1) is 0 Å². The number of sulfone groups is 1. The number of anilines is 1. The number of carbonyl (C=O) groups excluding carboxylic acids is 1. The summed E-state index contributed by atoms with van der Waals surface area (Å²) in [7, 11) is -3.50. The van der Waals surface area contributed by atoms with E-state index in [1.165, 1.54) is 0 Å². The zero-order valence-corrected chi connectivity index (χ0v) is 13.1. The van der Waals surface area contributed by atoms with Crippen LogP contribution in [0.15, 0.2) is 24.3 Å². The molecule has 0 aliphatic heterocycles. The molecule has 2 N–H and O–H groups in total. The summed E-state index contributed by atoms with van der Waals surface area (Å²) in [4.78, 5) is 23.1. The van der Waals surface area contributed by atoms with Crippen LogP contribution in [0.3, 0.4) is 0 Å². The first kappa shape index (κ1) is 16.5. The molecule has 1 aliphatic carbocycles. The standard InChI is InChI=1S/C15H19NO5S/c1-22(20,21)15(8-2-3-9-15)14(19)16-12-6-4-11(5-7-12)10-13(17)18/h4-7H,2-3,8-10H2,1H3,(H,16,19)(H,17,18). The predicted octanol–water partition coefficient (Wildman–Crippen LogP) is 1.61. The molecule has 0 unspecified atom stereocenters. The number of hydrogen-bond acceptors (Lipinski definition) is 4. The summed E-state index contributed by atoms with van der Waals surface area (Å²) in [5.74, 6) is -1.43. The van der Waals surface area contributed by atoms with Crippen LogP contribution in [0.4, 0.5) is 5.69 Å². The Kier molecular flexibility index (Phi) is 4.55. The molecule has 0 saturated heterocycles. The van der Waals surface area contributed by atoms with Gasteiger partial charge in [-0.05, 0) is 30.5 Å². The molecule has 1 aliphatic rings. The highest BCUT2D eigenvalue weighted by Gasteiger charge is 2.49. The highest BCUT2D eigenvalue weighted by atomic mass is 32.2. The third-order valence-electron chi connectivity index (χ3n) is 4.10. The van der Waals surface area contributed by atoms with Crippen molar-refractivity contribution < 1.29 is 23.1 Å². The van der Waals surface area contributed by atoms with Crippen molar-refractivity contribution in [3.05, 3.63) is 29.8 Å². The maximum atomic E-state index is 12.5. The van der Waals surface area contributed by atoms with Crippen molar-refractivity contribution >= 4 is 27.4 Å². The van der Waals surface area contributed by atoms with Gasteiger partial charge < -0.3 is 10.4 Å². The SMILES string of the molecule is CS(=O)(=O)C1(C(=O)Nc2ccc(CC(=O)O)cc2)CCCC1. The van der Waals surface area contributed by atoms with Crippen LogP contribution in [0.25, 0.3) is 0 Å². The minimum atomic E-state index is -3.50. The van der Waals surface area contributed by atoms with Crippen molar-refractivity contribution in [2.24, 2.45) is 0 Å². The predicted molar refractivity (Wildman–Crippen MR) is 82.5 cm³/mol. The fourth-order valence-electron chi connectivity index (χ4n) is 2.84. The third kappa shape index (κ3) is 3.30. The Labute approximate surface area is 129 Å². The van der Waals surface area contributed by atoms with Crippen molar-refractivity contribution in [2.75, 3.05) is 11.6 Å². The van der Waals surface area contributed by atoms with Crippen LogP contribution in [0.5, 0.6) is 0 Å². The van der Waals surface area contributed by atoms with Gasteiger partial charge in [-0.2, -0.15) is 0 Å². The van der Waals surface area contributed by atoms with Gasteiger partial charge in [0.1, 0.15) is 0 Å². The number of nitrogens with one attached hydrogen (secondary N) is 1. The number of amides is 1. The van der Waals surface area contributed by atoms with E-state index < -0.39 is 26.5 Å².